The second-order valence-electron chi connectivity index (χ2n) is 10.3. The molecule has 0 N–H and O–H groups in total. The van der Waals surface area contributed by atoms with Crippen molar-refractivity contribution in [1.29, 1.82) is 0 Å². The zero-order chi connectivity index (χ0) is 25.2. The Morgan fingerprint density at radius 1 is 0.806 bits per heavy atom. The molecule has 0 saturated carbocycles. The van der Waals surface area contributed by atoms with E-state index in [-0.39, 0.29) is 11.6 Å². The molecule has 0 aromatic heterocycles. The van der Waals surface area contributed by atoms with E-state index in [0.717, 1.165) is 57.7 Å². The summed E-state index contributed by atoms with van der Waals surface area (Å²) >= 11 is 6.82. The van der Waals surface area contributed by atoms with Crippen LogP contribution in [0.15, 0.2) is 78.4 Å². The average Bonchev–Trinajstić information content (AvgIpc) is 3.32. The number of carbonyl (C=O) groups is 2. The summed E-state index contributed by atoms with van der Waals surface area (Å²) in [5.74, 6) is 0.971. The molecular formula is C33H31ClO2. The predicted molar refractivity (Wildman–Crippen MR) is 148 cm³/mol. The Hall–Kier alpha value is -3.23. The Balaban J connectivity index is 1.22. The fraction of sp³-hybridized carbons (Fsp3) is 0.273. The second-order valence-corrected chi connectivity index (χ2v) is 10.7. The number of rotatable bonds is 7. The summed E-state index contributed by atoms with van der Waals surface area (Å²) in [5, 5.41) is 0.723. The summed E-state index contributed by atoms with van der Waals surface area (Å²) in [6.45, 7) is 4.05. The van der Waals surface area contributed by atoms with Gasteiger partial charge >= 0.3 is 0 Å². The number of aryl methyl sites for hydroxylation is 2. The van der Waals surface area contributed by atoms with Crippen LogP contribution in [-0.4, -0.2) is 11.6 Å². The normalized spacial score (nSPS) is 18.6. The van der Waals surface area contributed by atoms with Gasteiger partial charge in [-0.15, -0.1) is 0 Å². The third-order valence-corrected chi connectivity index (χ3v) is 8.04. The molecule has 3 aromatic carbocycles. The standard InChI is InChI=1S/C33H31ClO2/c1-21-3-9-25(10-4-21)31(35)17-23-7-13-24(14-8-23)29-18-27-15-16-28(33(34)30(27)19-29)20-32(36)26-11-5-22(2)6-12-26/h3-7,9-13,15-16,18,23-24H,8,14,17,19-20H2,1-2H3. The summed E-state index contributed by atoms with van der Waals surface area (Å²) < 4.78 is 0. The van der Waals surface area contributed by atoms with Crippen molar-refractivity contribution < 1.29 is 9.59 Å². The third-order valence-electron chi connectivity index (χ3n) is 7.57. The zero-order valence-electron chi connectivity index (χ0n) is 20.9. The number of allylic oxidation sites excluding steroid dienone is 3. The molecule has 0 radical (unpaired) electrons. The molecule has 0 aliphatic heterocycles. The molecule has 36 heavy (non-hydrogen) atoms. The van der Waals surface area contributed by atoms with Crippen LogP contribution < -0.4 is 0 Å². The molecule has 3 aromatic rings. The first-order valence-corrected chi connectivity index (χ1v) is 13.1. The monoisotopic (exact) mass is 494 g/mol. The van der Waals surface area contributed by atoms with Gasteiger partial charge in [0.15, 0.2) is 11.6 Å². The van der Waals surface area contributed by atoms with E-state index in [4.69, 9.17) is 11.6 Å². The minimum atomic E-state index is 0.0875. The van der Waals surface area contributed by atoms with Crippen molar-refractivity contribution in [1.82, 2.24) is 0 Å². The Bertz CT molecular complexity index is 1360. The first-order valence-electron chi connectivity index (χ1n) is 12.8. The number of fused-ring (bicyclic) bond motifs is 1. The largest absolute Gasteiger partial charge is 0.294 e. The maximum Gasteiger partial charge on any atom is 0.167 e. The number of ketones is 2. The fourth-order valence-corrected chi connectivity index (χ4v) is 5.60. The number of Topliss-reactive ketones (excluding diaryl/α,β-unsaturated/α-hetero) is 2. The summed E-state index contributed by atoms with van der Waals surface area (Å²) in [6.07, 6.45) is 10.5. The molecule has 2 aliphatic carbocycles. The van der Waals surface area contributed by atoms with Crippen molar-refractivity contribution in [2.45, 2.75) is 46.0 Å². The van der Waals surface area contributed by atoms with Gasteiger partial charge < -0.3 is 0 Å². The Kier molecular flexibility index (Phi) is 7.07. The van der Waals surface area contributed by atoms with E-state index in [1.807, 2.05) is 68.4 Å². The van der Waals surface area contributed by atoms with E-state index in [9.17, 15) is 9.59 Å². The summed E-state index contributed by atoms with van der Waals surface area (Å²) in [7, 11) is 0. The number of hydrogen-bond acceptors (Lipinski definition) is 2. The molecule has 2 nitrogen and oxygen atoms in total. The van der Waals surface area contributed by atoms with E-state index < -0.39 is 0 Å². The van der Waals surface area contributed by atoms with Gasteiger partial charge in [0.1, 0.15) is 0 Å². The minimum absolute atomic E-state index is 0.0875. The molecule has 0 saturated heterocycles. The molecule has 0 amide bonds. The van der Waals surface area contributed by atoms with Gasteiger partial charge in [0, 0.05) is 29.0 Å². The molecule has 0 spiro atoms. The maximum atomic E-state index is 12.8. The van der Waals surface area contributed by atoms with Crippen LogP contribution >= 0.6 is 11.6 Å². The summed E-state index contributed by atoms with van der Waals surface area (Å²) in [5.41, 5.74) is 8.38. The molecule has 182 valence electrons. The number of carbonyl (C=O) groups excluding carboxylic acids is 2. The average molecular weight is 495 g/mol. The van der Waals surface area contributed by atoms with Crippen molar-refractivity contribution in [3.05, 3.63) is 122 Å². The van der Waals surface area contributed by atoms with Crippen molar-refractivity contribution >= 4 is 29.2 Å². The van der Waals surface area contributed by atoms with Crippen LogP contribution in [0.25, 0.3) is 6.08 Å². The van der Waals surface area contributed by atoms with Crippen molar-refractivity contribution in [3.63, 3.8) is 0 Å². The zero-order valence-corrected chi connectivity index (χ0v) is 21.6. The highest BCUT2D eigenvalue weighted by Gasteiger charge is 2.26. The van der Waals surface area contributed by atoms with Crippen LogP contribution in [0.4, 0.5) is 0 Å². The molecule has 3 heteroatoms. The Morgan fingerprint density at radius 2 is 1.44 bits per heavy atom. The van der Waals surface area contributed by atoms with E-state index >= 15 is 0 Å². The number of hydrogen-bond donors (Lipinski definition) is 0. The van der Waals surface area contributed by atoms with Gasteiger partial charge in [-0.1, -0.05) is 107 Å². The van der Waals surface area contributed by atoms with Crippen LogP contribution in [0.3, 0.4) is 0 Å². The van der Waals surface area contributed by atoms with Gasteiger partial charge in [-0.25, -0.2) is 0 Å². The van der Waals surface area contributed by atoms with E-state index in [1.165, 1.54) is 11.1 Å². The van der Waals surface area contributed by atoms with Crippen LogP contribution in [0.1, 0.15) is 67.8 Å². The molecule has 0 fully saturated rings. The summed E-state index contributed by atoms with van der Waals surface area (Å²) in [4.78, 5) is 25.5. The van der Waals surface area contributed by atoms with Gasteiger partial charge in [-0.05, 0) is 61.6 Å². The third kappa shape index (κ3) is 5.29. The molecule has 0 heterocycles. The van der Waals surface area contributed by atoms with Crippen LogP contribution in [0, 0.1) is 25.7 Å². The topological polar surface area (TPSA) is 34.1 Å². The Labute approximate surface area is 218 Å². The van der Waals surface area contributed by atoms with Gasteiger partial charge in [0.2, 0.25) is 0 Å². The maximum absolute atomic E-state index is 12.8. The first-order chi connectivity index (χ1) is 17.4. The van der Waals surface area contributed by atoms with E-state index in [1.54, 1.807) is 0 Å². The lowest BCUT2D eigenvalue weighted by atomic mass is 9.81. The molecule has 2 aliphatic rings. The van der Waals surface area contributed by atoms with Gasteiger partial charge in [0.25, 0.3) is 0 Å². The van der Waals surface area contributed by atoms with E-state index in [0.29, 0.717) is 24.7 Å². The highest BCUT2D eigenvalue weighted by atomic mass is 35.5. The van der Waals surface area contributed by atoms with Crippen molar-refractivity contribution in [2.75, 3.05) is 0 Å². The molecular weight excluding hydrogens is 464 g/mol. The molecule has 2 atom stereocenters. The van der Waals surface area contributed by atoms with Gasteiger partial charge in [-0.2, -0.15) is 0 Å². The molecule has 5 rings (SSSR count). The number of benzene rings is 3. The lowest BCUT2D eigenvalue weighted by Crippen LogP contribution is -2.14. The fourth-order valence-electron chi connectivity index (χ4n) is 5.30. The Morgan fingerprint density at radius 3 is 2.06 bits per heavy atom. The quantitative estimate of drug-likeness (QED) is 0.245. The molecule has 2 unspecified atom stereocenters. The number of halogens is 1. The lowest BCUT2D eigenvalue weighted by molar-refractivity contribution is 0.0963. The van der Waals surface area contributed by atoms with Gasteiger partial charge in [-0.3, -0.25) is 9.59 Å². The van der Waals surface area contributed by atoms with Crippen molar-refractivity contribution in [3.8, 4) is 0 Å². The van der Waals surface area contributed by atoms with Crippen LogP contribution in [0.2, 0.25) is 5.02 Å². The summed E-state index contributed by atoms with van der Waals surface area (Å²) in [6, 6.07) is 19.7. The van der Waals surface area contributed by atoms with Crippen LogP contribution in [-0.2, 0) is 12.8 Å². The minimum Gasteiger partial charge on any atom is -0.294 e. The smallest absolute Gasteiger partial charge is 0.167 e. The SMILES string of the molecule is Cc1ccc(C(=O)Cc2ccc3c(c2Cl)CC(C2C=CC(CC(=O)c4ccc(C)cc4)CC2)=C3)cc1. The van der Waals surface area contributed by atoms with Gasteiger partial charge in [0.05, 0.1) is 0 Å². The highest BCUT2D eigenvalue weighted by molar-refractivity contribution is 6.32. The highest BCUT2D eigenvalue weighted by Crippen LogP contribution is 2.40. The first kappa shape index (κ1) is 24.5. The molecule has 0 bridgehead atoms. The predicted octanol–water partition coefficient (Wildman–Crippen LogP) is 8.18. The van der Waals surface area contributed by atoms with E-state index in [2.05, 4.69) is 24.3 Å². The van der Waals surface area contributed by atoms with Crippen LogP contribution in [0.5, 0.6) is 0 Å². The lowest BCUT2D eigenvalue weighted by Gasteiger charge is -2.23. The second kappa shape index (κ2) is 10.4. The van der Waals surface area contributed by atoms with Crippen molar-refractivity contribution in [2.24, 2.45) is 11.8 Å².